The second-order valence-corrected chi connectivity index (χ2v) is 6.22. The van der Waals surface area contributed by atoms with Gasteiger partial charge in [-0.05, 0) is 51.9 Å². The Hall–Kier alpha value is -0.860. The zero-order valence-corrected chi connectivity index (χ0v) is 13.1. The second-order valence-electron chi connectivity index (χ2n) is 6.22. The van der Waals surface area contributed by atoms with Gasteiger partial charge in [0.05, 0.1) is 6.10 Å². The molecule has 1 aliphatic carbocycles. The zero-order valence-electron chi connectivity index (χ0n) is 13.1. The van der Waals surface area contributed by atoms with E-state index < -0.39 is 0 Å². The summed E-state index contributed by atoms with van der Waals surface area (Å²) in [7, 11) is 4.26. The Morgan fingerprint density at radius 3 is 2.55 bits per heavy atom. The maximum absolute atomic E-state index is 6.21. The molecule has 2 heteroatoms. The van der Waals surface area contributed by atoms with Crippen molar-refractivity contribution < 1.29 is 4.74 Å². The van der Waals surface area contributed by atoms with Gasteiger partial charge in [-0.25, -0.2) is 0 Å². The van der Waals surface area contributed by atoms with E-state index in [0.29, 0.717) is 12.0 Å². The molecule has 2 rings (SSSR count). The lowest BCUT2D eigenvalue weighted by molar-refractivity contribution is 0.0109. The van der Waals surface area contributed by atoms with E-state index in [9.17, 15) is 0 Å². The molecule has 1 fully saturated rings. The van der Waals surface area contributed by atoms with E-state index in [1.807, 2.05) is 0 Å². The number of rotatable bonds is 7. The van der Waals surface area contributed by atoms with Crippen molar-refractivity contribution in [1.29, 1.82) is 0 Å². The summed E-state index contributed by atoms with van der Waals surface area (Å²) in [6.45, 7) is 2.08. The molecule has 2 nitrogen and oxygen atoms in total. The molecule has 0 heterocycles. The highest BCUT2D eigenvalue weighted by molar-refractivity contribution is 5.21. The topological polar surface area (TPSA) is 12.5 Å². The molecule has 0 radical (unpaired) electrons. The normalized spacial score (nSPS) is 23.1. The highest BCUT2D eigenvalue weighted by Gasteiger charge is 2.26. The summed E-state index contributed by atoms with van der Waals surface area (Å²) in [5.41, 5.74) is 1.46. The lowest BCUT2D eigenvalue weighted by Crippen LogP contribution is -2.26. The summed E-state index contributed by atoms with van der Waals surface area (Å²) in [5.74, 6) is 0.610. The predicted octanol–water partition coefficient (Wildman–Crippen LogP) is 4.07. The van der Waals surface area contributed by atoms with Crippen LogP contribution in [0.2, 0.25) is 0 Å². The smallest absolute Gasteiger partial charge is 0.0643 e. The van der Waals surface area contributed by atoms with Crippen LogP contribution in [0.1, 0.15) is 50.0 Å². The first-order chi connectivity index (χ1) is 9.77. The van der Waals surface area contributed by atoms with Crippen LogP contribution in [0, 0.1) is 0 Å². The van der Waals surface area contributed by atoms with Gasteiger partial charge in [-0.3, -0.25) is 0 Å². The first-order valence-electron chi connectivity index (χ1n) is 8.08. The van der Waals surface area contributed by atoms with Crippen molar-refractivity contribution in [2.24, 2.45) is 0 Å². The largest absolute Gasteiger partial charge is 0.378 e. The molecule has 0 N–H and O–H groups in total. The first kappa shape index (κ1) is 15.5. The van der Waals surface area contributed by atoms with Crippen LogP contribution in [0.15, 0.2) is 30.3 Å². The highest BCUT2D eigenvalue weighted by Crippen LogP contribution is 2.34. The highest BCUT2D eigenvalue weighted by atomic mass is 16.5. The van der Waals surface area contributed by atoms with E-state index in [1.54, 1.807) is 0 Å². The summed E-state index contributed by atoms with van der Waals surface area (Å²) in [4.78, 5) is 2.24. The Morgan fingerprint density at radius 2 is 1.80 bits per heavy atom. The van der Waals surface area contributed by atoms with Crippen LogP contribution in [0.4, 0.5) is 0 Å². The van der Waals surface area contributed by atoms with Gasteiger partial charge in [-0.15, -0.1) is 0 Å². The summed E-state index contributed by atoms with van der Waals surface area (Å²) >= 11 is 0. The van der Waals surface area contributed by atoms with Crippen LogP contribution in [0.25, 0.3) is 0 Å². The number of hydrogen-bond donors (Lipinski definition) is 0. The van der Waals surface area contributed by atoms with Crippen molar-refractivity contribution in [3.05, 3.63) is 35.9 Å². The molecule has 1 aliphatic rings. The van der Waals surface area contributed by atoms with Crippen molar-refractivity contribution >= 4 is 0 Å². The molecule has 1 saturated carbocycles. The lowest BCUT2D eigenvalue weighted by Gasteiger charge is -2.32. The molecule has 1 aromatic rings. The van der Waals surface area contributed by atoms with Crippen LogP contribution >= 0.6 is 0 Å². The molecule has 2 unspecified atom stereocenters. The Labute approximate surface area is 124 Å². The summed E-state index contributed by atoms with van der Waals surface area (Å²) in [6, 6.07) is 10.9. The van der Waals surface area contributed by atoms with Gasteiger partial charge in [0, 0.05) is 12.5 Å². The molecule has 0 saturated heterocycles. The Bertz CT molecular complexity index is 363. The SMILES string of the molecule is CN(C)CCCCOC1CCCCC1c1ccccc1. The van der Waals surface area contributed by atoms with Gasteiger partial charge in [-0.2, -0.15) is 0 Å². The van der Waals surface area contributed by atoms with E-state index >= 15 is 0 Å². The summed E-state index contributed by atoms with van der Waals surface area (Å²) in [6.07, 6.45) is 8.03. The van der Waals surface area contributed by atoms with Crippen LogP contribution < -0.4 is 0 Å². The second kappa shape index (κ2) is 8.43. The van der Waals surface area contributed by atoms with Gasteiger partial charge in [-0.1, -0.05) is 43.2 Å². The van der Waals surface area contributed by atoms with Crippen molar-refractivity contribution in [2.75, 3.05) is 27.2 Å². The van der Waals surface area contributed by atoms with Gasteiger partial charge in [0.15, 0.2) is 0 Å². The van der Waals surface area contributed by atoms with E-state index in [1.165, 1.54) is 44.1 Å². The van der Waals surface area contributed by atoms with Gasteiger partial charge < -0.3 is 9.64 Å². The van der Waals surface area contributed by atoms with Gasteiger partial charge in [0.1, 0.15) is 0 Å². The fourth-order valence-electron chi connectivity index (χ4n) is 3.14. The van der Waals surface area contributed by atoms with Crippen LogP contribution in [-0.4, -0.2) is 38.3 Å². The summed E-state index contributed by atoms with van der Waals surface area (Å²) < 4.78 is 6.21. The van der Waals surface area contributed by atoms with Gasteiger partial charge in [0.2, 0.25) is 0 Å². The van der Waals surface area contributed by atoms with Gasteiger partial charge >= 0.3 is 0 Å². The van der Waals surface area contributed by atoms with Crippen molar-refractivity contribution in [3.8, 4) is 0 Å². The minimum Gasteiger partial charge on any atom is -0.378 e. The minimum atomic E-state index is 0.436. The third kappa shape index (κ3) is 4.92. The van der Waals surface area contributed by atoms with E-state index in [2.05, 4.69) is 49.3 Å². The molecule has 0 aromatic heterocycles. The molecule has 20 heavy (non-hydrogen) atoms. The predicted molar refractivity (Wildman–Crippen MR) is 85.2 cm³/mol. The lowest BCUT2D eigenvalue weighted by atomic mass is 9.81. The molecular weight excluding hydrogens is 246 g/mol. The van der Waals surface area contributed by atoms with E-state index in [0.717, 1.165) is 13.2 Å². The molecular formula is C18H29NO. The molecule has 0 spiro atoms. The first-order valence-corrected chi connectivity index (χ1v) is 8.08. The van der Waals surface area contributed by atoms with Crippen molar-refractivity contribution in [2.45, 2.75) is 50.5 Å². The third-order valence-corrected chi connectivity index (χ3v) is 4.26. The molecule has 2 atom stereocenters. The Morgan fingerprint density at radius 1 is 1.05 bits per heavy atom. The molecule has 0 bridgehead atoms. The van der Waals surface area contributed by atoms with Crippen molar-refractivity contribution in [3.63, 3.8) is 0 Å². The van der Waals surface area contributed by atoms with Crippen molar-refractivity contribution in [1.82, 2.24) is 4.90 Å². The molecule has 1 aromatic carbocycles. The summed E-state index contributed by atoms with van der Waals surface area (Å²) in [5, 5.41) is 0. The third-order valence-electron chi connectivity index (χ3n) is 4.26. The monoisotopic (exact) mass is 275 g/mol. The Kier molecular flexibility index (Phi) is 6.55. The molecule has 0 amide bonds. The van der Waals surface area contributed by atoms with Gasteiger partial charge in [0.25, 0.3) is 0 Å². The van der Waals surface area contributed by atoms with E-state index in [-0.39, 0.29) is 0 Å². The van der Waals surface area contributed by atoms with Crippen LogP contribution in [0.3, 0.4) is 0 Å². The minimum absolute atomic E-state index is 0.436. The average Bonchev–Trinajstić information content (AvgIpc) is 2.48. The number of benzene rings is 1. The number of hydrogen-bond acceptors (Lipinski definition) is 2. The average molecular weight is 275 g/mol. The van der Waals surface area contributed by atoms with Crippen LogP contribution in [0.5, 0.6) is 0 Å². The van der Waals surface area contributed by atoms with E-state index in [4.69, 9.17) is 4.74 Å². The fourth-order valence-corrected chi connectivity index (χ4v) is 3.14. The maximum atomic E-state index is 6.21. The number of ether oxygens (including phenoxy) is 1. The fraction of sp³-hybridized carbons (Fsp3) is 0.667. The Balaban J connectivity index is 1.79. The molecule has 0 aliphatic heterocycles. The maximum Gasteiger partial charge on any atom is 0.0643 e. The number of nitrogens with zero attached hydrogens (tertiary/aromatic N) is 1. The quantitative estimate of drug-likeness (QED) is 0.695. The molecule has 112 valence electrons. The standard InChI is InChI=1S/C18H29NO/c1-19(2)14-8-9-15-20-18-13-7-6-12-17(18)16-10-4-3-5-11-16/h3-5,10-11,17-18H,6-9,12-15H2,1-2H3. The number of unbranched alkanes of at least 4 members (excludes halogenated alkanes) is 1. The van der Waals surface area contributed by atoms with Crippen LogP contribution in [-0.2, 0) is 4.74 Å². The zero-order chi connectivity index (χ0) is 14.2.